The van der Waals surface area contributed by atoms with Gasteiger partial charge >= 0.3 is 0 Å². The van der Waals surface area contributed by atoms with E-state index in [4.69, 9.17) is 10.8 Å². The molecule has 0 aliphatic heterocycles. The van der Waals surface area contributed by atoms with Crippen LogP contribution in [0.15, 0.2) is 0 Å². The van der Waals surface area contributed by atoms with Crippen LogP contribution in [0.4, 0.5) is 0 Å². The van der Waals surface area contributed by atoms with Gasteiger partial charge in [0, 0.05) is 12.6 Å². The van der Waals surface area contributed by atoms with E-state index in [1.54, 1.807) is 0 Å². The lowest BCUT2D eigenvalue weighted by Crippen LogP contribution is -2.28. The molecule has 0 bridgehead atoms. The number of likely N-dealkylation sites (N-methyl/N-ethyl adjacent to an activating group) is 1. The Labute approximate surface area is 62.8 Å². The van der Waals surface area contributed by atoms with Crippen molar-refractivity contribution in [3.05, 3.63) is 0 Å². The molecule has 0 spiro atoms. The van der Waals surface area contributed by atoms with Gasteiger partial charge in [0.25, 0.3) is 0 Å². The molecule has 3 N–H and O–H groups in total. The molecule has 0 saturated heterocycles. The molecular weight excluding hydrogens is 128 g/mol. The van der Waals surface area contributed by atoms with Crippen LogP contribution in [0.25, 0.3) is 0 Å². The lowest BCUT2D eigenvalue weighted by Gasteiger charge is -2.15. The third kappa shape index (κ3) is 6.01. The Morgan fingerprint density at radius 3 is 2.50 bits per heavy atom. The molecule has 62 valence electrons. The quantitative estimate of drug-likeness (QED) is 0.557. The summed E-state index contributed by atoms with van der Waals surface area (Å²) in [5, 5.41) is 8.53. The maximum atomic E-state index is 8.53. The van der Waals surface area contributed by atoms with Crippen molar-refractivity contribution in [1.82, 2.24) is 4.90 Å². The first kappa shape index (κ1) is 9.88. The first-order chi connectivity index (χ1) is 4.66. The SMILES string of the molecule is CC(N)CCN(C)CCO. The molecule has 0 aliphatic carbocycles. The molecule has 3 heteroatoms. The second-order valence-corrected chi connectivity index (χ2v) is 2.79. The average molecular weight is 146 g/mol. The van der Waals surface area contributed by atoms with Crippen molar-refractivity contribution in [3.8, 4) is 0 Å². The molecule has 10 heavy (non-hydrogen) atoms. The predicted molar refractivity (Wildman–Crippen MR) is 42.8 cm³/mol. The molecule has 3 nitrogen and oxygen atoms in total. The Kier molecular flexibility index (Phi) is 5.58. The number of aliphatic hydroxyl groups is 1. The van der Waals surface area contributed by atoms with E-state index >= 15 is 0 Å². The highest BCUT2D eigenvalue weighted by molar-refractivity contribution is 4.57. The lowest BCUT2D eigenvalue weighted by molar-refractivity contribution is 0.218. The van der Waals surface area contributed by atoms with Gasteiger partial charge in [-0.25, -0.2) is 0 Å². The average Bonchev–Trinajstić information content (AvgIpc) is 1.85. The molecule has 1 unspecified atom stereocenters. The van der Waals surface area contributed by atoms with Crippen molar-refractivity contribution in [2.75, 3.05) is 26.7 Å². The van der Waals surface area contributed by atoms with E-state index in [1.807, 2.05) is 14.0 Å². The van der Waals surface area contributed by atoms with Crippen molar-refractivity contribution in [2.45, 2.75) is 19.4 Å². The van der Waals surface area contributed by atoms with Crippen LogP contribution in [0, 0.1) is 0 Å². The number of hydrogen-bond donors (Lipinski definition) is 2. The van der Waals surface area contributed by atoms with E-state index in [0.29, 0.717) is 0 Å². The van der Waals surface area contributed by atoms with Gasteiger partial charge in [-0.05, 0) is 26.9 Å². The van der Waals surface area contributed by atoms with Gasteiger partial charge in [0.1, 0.15) is 0 Å². The van der Waals surface area contributed by atoms with E-state index in [9.17, 15) is 0 Å². The highest BCUT2D eigenvalue weighted by Crippen LogP contribution is 1.89. The molecular formula is C7H18N2O. The Balaban J connectivity index is 3.12. The van der Waals surface area contributed by atoms with Gasteiger partial charge in [0.15, 0.2) is 0 Å². The second kappa shape index (κ2) is 5.65. The number of nitrogens with two attached hydrogens (primary N) is 1. The summed E-state index contributed by atoms with van der Waals surface area (Å²) < 4.78 is 0. The van der Waals surface area contributed by atoms with E-state index in [1.165, 1.54) is 0 Å². The van der Waals surface area contributed by atoms with E-state index in [-0.39, 0.29) is 12.6 Å². The van der Waals surface area contributed by atoms with Crippen molar-refractivity contribution >= 4 is 0 Å². The van der Waals surface area contributed by atoms with Crippen LogP contribution < -0.4 is 5.73 Å². The normalized spacial score (nSPS) is 14.1. The maximum absolute atomic E-state index is 8.53. The van der Waals surface area contributed by atoms with Gasteiger partial charge in [-0.15, -0.1) is 0 Å². The zero-order chi connectivity index (χ0) is 7.98. The minimum Gasteiger partial charge on any atom is -0.395 e. The number of aliphatic hydroxyl groups excluding tert-OH is 1. The van der Waals surface area contributed by atoms with Crippen molar-refractivity contribution in [2.24, 2.45) is 5.73 Å². The summed E-state index contributed by atoms with van der Waals surface area (Å²) in [7, 11) is 1.98. The Morgan fingerprint density at radius 1 is 1.50 bits per heavy atom. The molecule has 0 aromatic rings. The largest absolute Gasteiger partial charge is 0.395 e. The Hall–Kier alpha value is -0.120. The first-order valence-electron chi connectivity index (χ1n) is 3.71. The van der Waals surface area contributed by atoms with Crippen LogP contribution in [0.1, 0.15) is 13.3 Å². The van der Waals surface area contributed by atoms with Gasteiger partial charge in [-0.1, -0.05) is 0 Å². The molecule has 0 aromatic heterocycles. The molecule has 0 heterocycles. The minimum absolute atomic E-state index is 0.232. The molecule has 0 saturated carbocycles. The Bertz CT molecular complexity index is 76.0. The fourth-order valence-electron chi connectivity index (χ4n) is 0.707. The molecule has 0 amide bonds. The highest BCUT2D eigenvalue weighted by atomic mass is 16.3. The van der Waals surface area contributed by atoms with Crippen LogP contribution in [0.2, 0.25) is 0 Å². The van der Waals surface area contributed by atoms with Crippen LogP contribution in [-0.4, -0.2) is 42.8 Å². The third-order valence-corrected chi connectivity index (χ3v) is 1.45. The van der Waals surface area contributed by atoms with Crippen molar-refractivity contribution in [1.29, 1.82) is 0 Å². The Morgan fingerprint density at radius 2 is 2.10 bits per heavy atom. The summed E-state index contributed by atoms with van der Waals surface area (Å²) in [6.07, 6.45) is 0.997. The molecule has 0 fully saturated rings. The molecule has 0 rings (SSSR count). The minimum atomic E-state index is 0.232. The van der Waals surface area contributed by atoms with Crippen molar-refractivity contribution < 1.29 is 5.11 Å². The zero-order valence-corrected chi connectivity index (χ0v) is 6.88. The number of hydrogen-bond acceptors (Lipinski definition) is 3. The maximum Gasteiger partial charge on any atom is 0.0558 e. The fraction of sp³-hybridized carbons (Fsp3) is 1.00. The number of rotatable bonds is 5. The van der Waals surface area contributed by atoms with E-state index < -0.39 is 0 Å². The van der Waals surface area contributed by atoms with Gasteiger partial charge in [-0.2, -0.15) is 0 Å². The van der Waals surface area contributed by atoms with Gasteiger partial charge in [0.05, 0.1) is 6.61 Å². The van der Waals surface area contributed by atoms with Crippen molar-refractivity contribution in [3.63, 3.8) is 0 Å². The summed E-state index contributed by atoms with van der Waals surface area (Å²) in [5.74, 6) is 0. The first-order valence-corrected chi connectivity index (χ1v) is 3.71. The monoisotopic (exact) mass is 146 g/mol. The summed E-state index contributed by atoms with van der Waals surface area (Å²) in [4.78, 5) is 2.07. The van der Waals surface area contributed by atoms with Gasteiger partial charge in [0.2, 0.25) is 0 Å². The third-order valence-electron chi connectivity index (χ3n) is 1.45. The summed E-state index contributed by atoms with van der Waals surface area (Å²) >= 11 is 0. The molecule has 0 radical (unpaired) electrons. The molecule has 0 aromatic carbocycles. The predicted octanol–water partition coefficient (Wildman–Crippen LogP) is -0.352. The fourth-order valence-corrected chi connectivity index (χ4v) is 0.707. The number of nitrogens with zero attached hydrogens (tertiary/aromatic N) is 1. The van der Waals surface area contributed by atoms with Crippen LogP contribution in [-0.2, 0) is 0 Å². The van der Waals surface area contributed by atoms with Gasteiger partial charge < -0.3 is 15.7 Å². The standard InChI is InChI=1S/C7H18N2O/c1-7(8)3-4-9(2)5-6-10/h7,10H,3-6,8H2,1-2H3. The lowest BCUT2D eigenvalue weighted by atomic mass is 10.2. The smallest absolute Gasteiger partial charge is 0.0558 e. The highest BCUT2D eigenvalue weighted by Gasteiger charge is 1.98. The van der Waals surface area contributed by atoms with Crippen LogP contribution in [0.3, 0.4) is 0 Å². The summed E-state index contributed by atoms with van der Waals surface area (Å²) in [6, 6.07) is 0.265. The summed E-state index contributed by atoms with van der Waals surface area (Å²) in [6.45, 7) is 3.94. The van der Waals surface area contributed by atoms with Gasteiger partial charge in [-0.3, -0.25) is 0 Å². The van der Waals surface area contributed by atoms with Crippen LogP contribution >= 0.6 is 0 Å². The summed E-state index contributed by atoms with van der Waals surface area (Å²) in [5.41, 5.74) is 5.55. The molecule has 1 atom stereocenters. The van der Waals surface area contributed by atoms with Crippen LogP contribution in [0.5, 0.6) is 0 Å². The zero-order valence-electron chi connectivity index (χ0n) is 6.88. The van der Waals surface area contributed by atoms with E-state index in [0.717, 1.165) is 19.5 Å². The topological polar surface area (TPSA) is 49.5 Å². The second-order valence-electron chi connectivity index (χ2n) is 2.79. The molecule has 0 aliphatic rings. The van der Waals surface area contributed by atoms with E-state index in [2.05, 4.69) is 4.90 Å².